The van der Waals surface area contributed by atoms with Crippen molar-refractivity contribution in [1.29, 1.82) is 0 Å². The number of carbonyl (C=O) groups is 2. The molecule has 0 saturated heterocycles. The minimum absolute atomic E-state index is 0.0989. The third-order valence-electron chi connectivity index (χ3n) is 9.86. The van der Waals surface area contributed by atoms with E-state index in [9.17, 15) is 44.6 Å². The predicted molar refractivity (Wildman–Crippen MR) is 207 cm³/mol. The number of hydrogen-bond donors (Lipinski definition) is 6. The van der Waals surface area contributed by atoms with Crippen LogP contribution < -0.4 is 0 Å². The minimum Gasteiger partial charge on any atom is -0.462 e. The Kier molecular flexibility index (Phi) is 29.7. The van der Waals surface area contributed by atoms with Gasteiger partial charge in [-0.05, 0) is 38.5 Å². The number of unbranched alkanes of at least 4 members (excludes halogenated alkanes) is 20. The highest BCUT2D eigenvalue weighted by Gasteiger charge is 2.51. The molecular formula is C40H75O13P. The van der Waals surface area contributed by atoms with Gasteiger partial charge in [0, 0.05) is 12.8 Å². The zero-order valence-electron chi connectivity index (χ0n) is 33.3. The fourth-order valence-corrected chi connectivity index (χ4v) is 7.37. The lowest BCUT2D eigenvalue weighted by molar-refractivity contribution is -0.220. The summed E-state index contributed by atoms with van der Waals surface area (Å²) in [5.74, 6) is -1.11. The summed E-state index contributed by atoms with van der Waals surface area (Å²) in [6, 6.07) is 0. The van der Waals surface area contributed by atoms with Gasteiger partial charge in [-0.15, -0.1) is 0 Å². The summed E-state index contributed by atoms with van der Waals surface area (Å²) in [6.07, 6.45) is 17.1. The summed E-state index contributed by atoms with van der Waals surface area (Å²) < 4.78 is 33.4. The van der Waals surface area contributed by atoms with Crippen molar-refractivity contribution < 1.29 is 63.1 Å². The molecule has 8 atom stereocenters. The van der Waals surface area contributed by atoms with Crippen molar-refractivity contribution in [2.24, 2.45) is 0 Å². The number of aliphatic hydroxyl groups excluding tert-OH is 5. The molecule has 1 fully saturated rings. The summed E-state index contributed by atoms with van der Waals surface area (Å²) >= 11 is 0. The van der Waals surface area contributed by atoms with E-state index in [1.807, 2.05) is 0 Å². The van der Waals surface area contributed by atoms with Gasteiger partial charge in [0.25, 0.3) is 0 Å². The van der Waals surface area contributed by atoms with E-state index in [2.05, 4.69) is 26.0 Å². The second-order valence-electron chi connectivity index (χ2n) is 14.8. The van der Waals surface area contributed by atoms with Crippen LogP contribution in [0.4, 0.5) is 0 Å². The number of phosphoric acid groups is 1. The van der Waals surface area contributed by atoms with E-state index >= 15 is 0 Å². The van der Waals surface area contributed by atoms with Gasteiger partial charge in [-0.3, -0.25) is 18.6 Å². The number of allylic oxidation sites excluding steroid dienone is 2. The summed E-state index contributed by atoms with van der Waals surface area (Å²) in [5, 5.41) is 50.0. The number of esters is 2. The summed E-state index contributed by atoms with van der Waals surface area (Å²) in [7, 11) is -5.11. The molecule has 0 aromatic rings. The monoisotopic (exact) mass is 794 g/mol. The zero-order chi connectivity index (χ0) is 40.0. The number of aliphatic hydroxyl groups is 5. The summed E-state index contributed by atoms with van der Waals surface area (Å²) in [4.78, 5) is 35.5. The Labute approximate surface area is 324 Å². The lowest BCUT2D eigenvalue weighted by atomic mass is 9.85. The van der Waals surface area contributed by atoms with Gasteiger partial charge >= 0.3 is 19.8 Å². The number of hydrogen-bond acceptors (Lipinski definition) is 12. The van der Waals surface area contributed by atoms with Crippen LogP contribution in [0.3, 0.4) is 0 Å². The third-order valence-corrected chi connectivity index (χ3v) is 10.8. The van der Waals surface area contributed by atoms with Crippen molar-refractivity contribution in [2.45, 2.75) is 217 Å². The Morgan fingerprint density at radius 1 is 0.556 bits per heavy atom. The molecule has 1 rings (SSSR count). The lowest BCUT2D eigenvalue weighted by Gasteiger charge is -2.41. The molecule has 318 valence electrons. The molecule has 0 aromatic heterocycles. The van der Waals surface area contributed by atoms with Crippen molar-refractivity contribution in [3.05, 3.63) is 12.2 Å². The van der Waals surface area contributed by atoms with Crippen LogP contribution in [-0.4, -0.2) is 98.3 Å². The van der Waals surface area contributed by atoms with Gasteiger partial charge < -0.3 is 39.9 Å². The third kappa shape index (κ3) is 24.3. The normalized spacial score (nSPS) is 23.3. The fraction of sp³-hybridized carbons (Fsp3) is 0.900. The van der Waals surface area contributed by atoms with Crippen molar-refractivity contribution in [3.8, 4) is 0 Å². The van der Waals surface area contributed by atoms with Crippen LogP contribution in [0.5, 0.6) is 0 Å². The van der Waals surface area contributed by atoms with Crippen molar-refractivity contribution >= 4 is 19.8 Å². The second kappa shape index (κ2) is 31.6. The van der Waals surface area contributed by atoms with E-state index in [-0.39, 0.29) is 12.8 Å². The van der Waals surface area contributed by atoms with Gasteiger partial charge in [0.1, 0.15) is 43.2 Å². The van der Waals surface area contributed by atoms with Crippen LogP contribution in [-0.2, 0) is 32.7 Å². The van der Waals surface area contributed by atoms with Gasteiger partial charge in [0.2, 0.25) is 0 Å². The quantitative estimate of drug-likeness (QED) is 0.0166. The molecule has 54 heavy (non-hydrogen) atoms. The molecule has 0 heterocycles. The van der Waals surface area contributed by atoms with E-state index in [1.165, 1.54) is 70.6 Å². The van der Waals surface area contributed by atoms with Crippen LogP contribution in [0, 0.1) is 0 Å². The lowest BCUT2D eigenvalue weighted by Crippen LogP contribution is -2.64. The standard InChI is InChI=1S/C40H75O13P/c1-3-5-7-9-11-13-15-16-17-18-19-21-22-24-26-28-33(41)50-30-32(52-34(42)29-27-25-23-20-14-12-10-8-6-4-2)31-51-54(48,49)53-40-38(46)36(44)35(43)37(45)39(40)47/h16-17,32,35-40,43-47H,3-15,18-31H2,1-2H3,(H,48,49)/b17-16+/t32-,35?,36-,37?,38?,39?,40?/m1/s1. The smallest absolute Gasteiger partial charge is 0.462 e. The average molecular weight is 795 g/mol. The van der Waals surface area contributed by atoms with E-state index in [4.69, 9.17) is 18.5 Å². The van der Waals surface area contributed by atoms with Crippen LogP contribution in [0.1, 0.15) is 174 Å². The van der Waals surface area contributed by atoms with Crippen molar-refractivity contribution in [3.63, 3.8) is 0 Å². The van der Waals surface area contributed by atoms with E-state index in [0.29, 0.717) is 12.8 Å². The number of carbonyl (C=O) groups excluding carboxylic acids is 2. The molecule has 0 aliphatic heterocycles. The first kappa shape index (κ1) is 50.6. The molecular weight excluding hydrogens is 719 g/mol. The molecule has 1 aliphatic rings. The van der Waals surface area contributed by atoms with Crippen molar-refractivity contribution in [2.75, 3.05) is 13.2 Å². The minimum atomic E-state index is -5.11. The molecule has 0 aromatic carbocycles. The maximum Gasteiger partial charge on any atom is 0.472 e. The van der Waals surface area contributed by atoms with E-state index in [1.54, 1.807) is 0 Å². The Morgan fingerprint density at radius 3 is 1.41 bits per heavy atom. The highest BCUT2D eigenvalue weighted by Crippen LogP contribution is 2.47. The maximum atomic E-state index is 12.7. The van der Waals surface area contributed by atoms with Gasteiger partial charge in [-0.1, -0.05) is 135 Å². The summed E-state index contributed by atoms with van der Waals surface area (Å²) in [5.41, 5.74) is 0. The maximum absolute atomic E-state index is 12.7. The molecule has 1 saturated carbocycles. The first-order valence-electron chi connectivity index (χ1n) is 21.0. The first-order chi connectivity index (χ1) is 25.9. The largest absolute Gasteiger partial charge is 0.472 e. The van der Waals surface area contributed by atoms with Crippen molar-refractivity contribution in [1.82, 2.24) is 0 Å². The predicted octanol–water partition coefficient (Wildman–Crippen LogP) is 7.11. The van der Waals surface area contributed by atoms with E-state index in [0.717, 1.165) is 64.2 Å². The average Bonchev–Trinajstić information content (AvgIpc) is 3.15. The molecule has 1 aliphatic carbocycles. The second-order valence-corrected chi connectivity index (χ2v) is 16.3. The van der Waals surface area contributed by atoms with Crippen LogP contribution in [0.2, 0.25) is 0 Å². The van der Waals surface area contributed by atoms with Gasteiger partial charge in [-0.25, -0.2) is 4.57 Å². The molecule has 13 nitrogen and oxygen atoms in total. The van der Waals surface area contributed by atoms with Crippen LogP contribution >= 0.6 is 7.82 Å². The van der Waals surface area contributed by atoms with E-state index < -0.39 is 75.7 Å². The van der Waals surface area contributed by atoms with Gasteiger partial charge in [0.15, 0.2) is 6.10 Å². The molecule has 0 radical (unpaired) electrons. The topological polar surface area (TPSA) is 210 Å². The highest BCUT2D eigenvalue weighted by atomic mass is 31.2. The Hall–Kier alpha value is -1.41. The Bertz CT molecular complexity index is 1010. The molecule has 0 amide bonds. The highest BCUT2D eigenvalue weighted by molar-refractivity contribution is 7.47. The van der Waals surface area contributed by atoms with Crippen LogP contribution in [0.25, 0.3) is 0 Å². The van der Waals surface area contributed by atoms with Gasteiger partial charge in [-0.2, -0.15) is 0 Å². The number of rotatable bonds is 34. The fourth-order valence-electron chi connectivity index (χ4n) is 6.40. The molecule has 6 unspecified atom stereocenters. The SMILES string of the molecule is CCCCCCCC/C=C/CCCCCCCC(=O)OC[C@H](COP(=O)(O)OC1C(O)C(O)C(O)[C@@H](O)C1O)OC(=O)CCCCCCCCCCCC. The summed E-state index contributed by atoms with van der Waals surface area (Å²) in [6.45, 7) is 3.25. The number of phosphoric ester groups is 1. The van der Waals surface area contributed by atoms with Gasteiger partial charge in [0.05, 0.1) is 6.61 Å². The number of ether oxygens (including phenoxy) is 2. The molecule has 0 spiro atoms. The first-order valence-corrected chi connectivity index (χ1v) is 22.5. The molecule has 6 N–H and O–H groups in total. The molecule has 14 heteroatoms. The Morgan fingerprint density at radius 2 is 0.944 bits per heavy atom. The van der Waals surface area contributed by atoms with Crippen LogP contribution in [0.15, 0.2) is 12.2 Å². The Balaban J connectivity index is 2.49. The zero-order valence-corrected chi connectivity index (χ0v) is 34.2. The molecule has 0 bridgehead atoms.